The minimum atomic E-state index is -0.810. The third-order valence-electron chi connectivity index (χ3n) is 5.85. The molecule has 3 aliphatic heterocycles. The van der Waals surface area contributed by atoms with Gasteiger partial charge in [-0.1, -0.05) is 42.5 Å². The Labute approximate surface area is 181 Å². The van der Waals surface area contributed by atoms with Crippen molar-refractivity contribution in [3.8, 4) is 0 Å². The molecule has 5 rings (SSSR count). The zero-order valence-electron chi connectivity index (χ0n) is 18.2. The van der Waals surface area contributed by atoms with E-state index in [1.54, 1.807) is 0 Å². The highest BCUT2D eigenvalue weighted by molar-refractivity contribution is 5.84. The van der Waals surface area contributed by atoms with Gasteiger partial charge in [0.25, 0.3) is 0 Å². The van der Waals surface area contributed by atoms with Gasteiger partial charge in [0.05, 0.1) is 13.0 Å². The molecule has 0 N–H and O–H groups in total. The van der Waals surface area contributed by atoms with Crippen LogP contribution in [0.5, 0.6) is 0 Å². The molecule has 5 atom stereocenters. The first-order valence-corrected chi connectivity index (χ1v) is 10.7. The van der Waals surface area contributed by atoms with Crippen molar-refractivity contribution >= 4 is 16.7 Å². The molecular weight excluding hydrogens is 400 g/mol. The highest BCUT2D eigenvalue weighted by Crippen LogP contribution is 2.42. The predicted molar refractivity (Wildman–Crippen MR) is 111 cm³/mol. The molecule has 2 aromatic rings. The van der Waals surface area contributed by atoms with E-state index < -0.39 is 36.2 Å². The van der Waals surface area contributed by atoms with E-state index in [9.17, 15) is 4.79 Å². The Kier molecular flexibility index (Phi) is 5.07. The summed E-state index contributed by atoms with van der Waals surface area (Å²) in [4.78, 5) is 12.9. The van der Waals surface area contributed by atoms with Gasteiger partial charge in [0.1, 0.15) is 12.2 Å². The van der Waals surface area contributed by atoms with Gasteiger partial charge in [-0.15, -0.1) is 0 Å². The molecule has 2 aromatic carbocycles. The fraction of sp³-hybridized carbons (Fsp3) is 0.542. The summed E-state index contributed by atoms with van der Waals surface area (Å²) in [6, 6.07) is 14.0. The van der Waals surface area contributed by atoms with Crippen LogP contribution < -0.4 is 0 Å². The van der Waals surface area contributed by atoms with Crippen molar-refractivity contribution in [2.45, 2.75) is 76.4 Å². The lowest BCUT2D eigenvalue weighted by atomic mass is 10.0. The second-order valence-corrected chi connectivity index (χ2v) is 9.25. The summed E-state index contributed by atoms with van der Waals surface area (Å²) in [7, 11) is 0. The molecule has 0 aromatic heterocycles. The van der Waals surface area contributed by atoms with Crippen LogP contribution in [0.25, 0.3) is 10.8 Å². The third-order valence-corrected chi connectivity index (χ3v) is 5.85. The number of carbonyl (C=O) groups is 1. The topological polar surface area (TPSA) is 72.5 Å². The van der Waals surface area contributed by atoms with E-state index in [-0.39, 0.29) is 18.5 Å². The third kappa shape index (κ3) is 4.21. The van der Waals surface area contributed by atoms with Gasteiger partial charge in [0.2, 0.25) is 0 Å². The summed E-state index contributed by atoms with van der Waals surface area (Å²) in [6.45, 7) is 7.67. The highest BCUT2D eigenvalue weighted by atomic mass is 16.8. The van der Waals surface area contributed by atoms with Gasteiger partial charge in [-0.2, -0.15) is 0 Å². The lowest BCUT2D eigenvalue weighted by Crippen LogP contribution is -2.45. The number of esters is 1. The number of ether oxygens (including phenoxy) is 6. The molecule has 7 heteroatoms. The van der Waals surface area contributed by atoms with Crippen LogP contribution in [0.2, 0.25) is 0 Å². The van der Waals surface area contributed by atoms with Gasteiger partial charge in [-0.25, -0.2) is 0 Å². The van der Waals surface area contributed by atoms with Gasteiger partial charge in [-0.3, -0.25) is 4.79 Å². The van der Waals surface area contributed by atoms with Gasteiger partial charge < -0.3 is 28.4 Å². The Morgan fingerprint density at radius 1 is 0.968 bits per heavy atom. The molecule has 0 saturated carbocycles. The van der Waals surface area contributed by atoms with Crippen molar-refractivity contribution in [2.24, 2.45) is 0 Å². The molecule has 31 heavy (non-hydrogen) atoms. The number of carbonyl (C=O) groups excluding carboxylic acids is 1. The minimum Gasteiger partial charge on any atom is -0.456 e. The smallest absolute Gasteiger partial charge is 0.310 e. The van der Waals surface area contributed by atoms with Crippen LogP contribution in [-0.4, -0.2) is 54.9 Å². The predicted octanol–water partition coefficient (Wildman–Crippen LogP) is 3.32. The molecule has 7 nitrogen and oxygen atoms in total. The van der Waals surface area contributed by atoms with E-state index in [0.717, 1.165) is 16.3 Å². The standard InChI is InChI=1S/C24H28O7/c1-23(2)26-13-17(29-23)19-20(21-22(28-19)31-24(3,4)30-21)27-18(25)12-14-9-10-15-7-5-6-8-16(15)11-14/h5-11,17,19-22H,12-13H2,1-4H3/t17-,19-,20+,21-,22-/m1/s1. The monoisotopic (exact) mass is 428 g/mol. The quantitative estimate of drug-likeness (QED) is 0.692. The molecule has 0 amide bonds. The number of rotatable bonds is 4. The molecule has 0 bridgehead atoms. The lowest BCUT2D eigenvalue weighted by molar-refractivity contribution is -0.235. The Morgan fingerprint density at radius 3 is 2.48 bits per heavy atom. The Balaban J connectivity index is 1.32. The zero-order chi connectivity index (χ0) is 21.8. The van der Waals surface area contributed by atoms with Crippen molar-refractivity contribution in [2.75, 3.05) is 6.61 Å². The average Bonchev–Trinajstić information content (AvgIpc) is 3.31. The number of hydrogen-bond donors (Lipinski definition) is 0. The average molecular weight is 428 g/mol. The largest absolute Gasteiger partial charge is 0.456 e. The number of fused-ring (bicyclic) bond motifs is 2. The molecule has 3 heterocycles. The molecule has 3 fully saturated rings. The van der Waals surface area contributed by atoms with Crippen LogP contribution in [-0.2, 0) is 39.6 Å². The molecule has 3 aliphatic rings. The van der Waals surface area contributed by atoms with E-state index >= 15 is 0 Å². The first-order valence-electron chi connectivity index (χ1n) is 10.7. The van der Waals surface area contributed by atoms with Crippen LogP contribution in [0.4, 0.5) is 0 Å². The van der Waals surface area contributed by atoms with Crippen LogP contribution in [0.3, 0.4) is 0 Å². The second-order valence-electron chi connectivity index (χ2n) is 9.25. The number of hydrogen-bond acceptors (Lipinski definition) is 7. The number of benzene rings is 2. The molecule has 166 valence electrons. The van der Waals surface area contributed by atoms with Gasteiger partial charge >= 0.3 is 5.97 Å². The van der Waals surface area contributed by atoms with E-state index in [1.807, 2.05) is 70.2 Å². The van der Waals surface area contributed by atoms with Crippen LogP contribution >= 0.6 is 0 Å². The maximum atomic E-state index is 12.9. The molecule has 0 radical (unpaired) electrons. The minimum absolute atomic E-state index is 0.156. The van der Waals surface area contributed by atoms with Crippen LogP contribution in [0.15, 0.2) is 42.5 Å². The molecule has 3 saturated heterocycles. The van der Waals surface area contributed by atoms with Gasteiger partial charge in [0, 0.05) is 0 Å². The Hall–Kier alpha value is -2.03. The normalized spacial score (nSPS) is 33.5. The summed E-state index contributed by atoms with van der Waals surface area (Å²) >= 11 is 0. The summed E-state index contributed by atoms with van der Waals surface area (Å²) in [5.74, 6) is -1.87. The Bertz CT molecular complexity index is 985. The summed E-state index contributed by atoms with van der Waals surface area (Å²) in [6.07, 6.45) is -2.55. The summed E-state index contributed by atoms with van der Waals surface area (Å²) in [5.41, 5.74) is 0.890. The van der Waals surface area contributed by atoms with Crippen molar-refractivity contribution in [3.63, 3.8) is 0 Å². The lowest BCUT2D eigenvalue weighted by Gasteiger charge is -2.28. The fourth-order valence-corrected chi connectivity index (χ4v) is 4.52. The molecule has 0 unspecified atom stereocenters. The van der Waals surface area contributed by atoms with Crippen LogP contribution in [0, 0.1) is 0 Å². The molecule has 0 aliphatic carbocycles. The maximum Gasteiger partial charge on any atom is 0.310 e. The molecular formula is C24H28O7. The van der Waals surface area contributed by atoms with E-state index in [1.165, 1.54) is 0 Å². The maximum absolute atomic E-state index is 12.9. The SMILES string of the molecule is CC1(C)O[C@H]2O[C@H]([C@H]3COC(C)(C)O3)[C@H](OC(=O)Cc3ccc4ccccc4c3)[C@H]2O1. The van der Waals surface area contributed by atoms with E-state index in [4.69, 9.17) is 28.4 Å². The van der Waals surface area contributed by atoms with Crippen molar-refractivity contribution < 1.29 is 33.2 Å². The van der Waals surface area contributed by atoms with E-state index in [2.05, 4.69) is 0 Å². The zero-order valence-corrected chi connectivity index (χ0v) is 18.2. The van der Waals surface area contributed by atoms with E-state index in [0.29, 0.717) is 6.61 Å². The van der Waals surface area contributed by atoms with Crippen molar-refractivity contribution in [3.05, 3.63) is 48.0 Å². The Morgan fingerprint density at radius 2 is 1.74 bits per heavy atom. The highest BCUT2D eigenvalue weighted by Gasteiger charge is 2.60. The van der Waals surface area contributed by atoms with Crippen LogP contribution in [0.1, 0.15) is 33.3 Å². The summed E-state index contributed by atoms with van der Waals surface area (Å²) < 4.78 is 35.6. The first-order chi connectivity index (χ1) is 14.7. The van der Waals surface area contributed by atoms with Gasteiger partial charge in [-0.05, 0) is 44.0 Å². The summed E-state index contributed by atoms with van der Waals surface area (Å²) in [5, 5.41) is 2.22. The second kappa shape index (κ2) is 7.53. The van der Waals surface area contributed by atoms with Crippen molar-refractivity contribution in [1.82, 2.24) is 0 Å². The van der Waals surface area contributed by atoms with Gasteiger partial charge in [0.15, 0.2) is 30.1 Å². The fourth-order valence-electron chi connectivity index (χ4n) is 4.52. The van der Waals surface area contributed by atoms with Crippen molar-refractivity contribution in [1.29, 1.82) is 0 Å². The first kappa shape index (κ1) is 20.8. The molecule has 0 spiro atoms.